The SMILES string of the molecule is O=C(O)C1C=CC(NC(=O)C2CNc3ccccc32)C1. The van der Waals surface area contributed by atoms with Crippen LogP contribution in [0.1, 0.15) is 17.9 Å². The summed E-state index contributed by atoms with van der Waals surface area (Å²) in [5.41, 5.74) is 2.00. The molecule has 1 aromatic rings. The highest BCUT2D eigenvalue weighted by Crippen LogP contribution is 2.31. The Kier molecular flexibility index (Phi) is 3.18. The van der Waals surface area contributed by atoms with E-state index in [9.17, 15) is 9.59 Å². The van der Waals surface area contributed by atoms with E-state index in [-0.39, 0.29) is 17.9 Å². The Morgan fingerprint density at radius 2 is 2.05 bits per heavy atom. The molecule has 1 heterocycles. The van der Waals surface area contributed by atoms with Crippen LogP contribution in [-0.4, -0.2) is 29.6 Å². The molecule has 1 aromatic carbocycles. The van der Waals surface area contributed by atoms with E-state index < -0.39 is 11.9 Å². The van der Waals surface area contributed by atoms with E-state index in [1.165, 1.54) is 0 Å². The third-order valence-electron chi connectivity index (χ3n) is 3.88. The van der Waals surface area contributed by atoms with E-state index in [4.69, 9.17) is 5.11 Å². The molecule has 1 aliphatic carbocycles. The van der Waals surface area contributed by atoms with Gasteiger partial charge in [0.15, 0.2) is 0 Å². The predicted molar refractivity (Wildman–Crippen MR) is 74.5 cm³/mol. The van der Waals surface area contributed by atoms with Gasteiger partial charge in [0.05, 0.1) is 11.8 Å². The van der Waals surface area contributed by atoms with Gasteiger partial charge in [0, 0.05) is 18.3 Å². The van der Waals surface area contributed by atoms with Crippen LogP contribution in [0.4, 0.5) is 5.69 Å². The second-order valence-corrected chi connectivity index (χ2v) is 5.20. The van der Waals surface area contributed by atoms with Gasteiger partial charge in [-0.05, 0) is 18.1 Å². The molecule has 3 N–H and O–H groups in total. The first-order valence-electron chi connectivity index (χ1n) is 6.69. The third-order valence-corrected chi connectivity index (χ3v) is 3.88. The van der Waals surface area contributed by atoms with Crippen molar-refractivity contribution in [2.75, 3.05) is 11.9 Å². The number of carbonyl (C=O) groups excluding carboxylic acids is 1. The lowest BCUT2D eigenvalue weighted by Crippen LogP contribution is -2.37. The van der Waals surface area contributed by atoms with Crippen molar-refractivity contribution in [1.82, 2.24) is 5.32 Å². The quantitative estimate of drug-likeness (QED) is 0.726. The zero-order chi connectivity index (χ0) is 14.1. The lowest BCUT2D eigenvalue weighted by molar-refractivity contribution is -0.140. The number of carbonyl (C=O) groups is 2. The van der Waals surface area contributed by atoms with E-state index in [0.29, 0.717) is 13.0 Å². The Bertz CT molecular complexity index is 582. The second kappa shape index (κ2) is 5.00. The van der Waals surface area contributed by atoms with E-state index in [1.54, 1.807) is 12.2 Å². The van der Waals surface area contributed by atoms with Crippen LogP contribution in [0.25, 0.3) is 0 Å². The Morgan fingerprint density at radius 1 is 1.25 bits per heavy atom. The smallest absolute Gasteiger partial charge is 0.310 e. The first kappa shape index (κ1) is 12.7. The molecule has 1 aliphatic heterocycles. The van der Waals surface area contributed by atoms with Crippen LogP contribution >= 0.6 is 0 Å². The molecule has 0 bridgehead atoms. The van der Waals surface area contributed by atoms with Gasteiger partial charge in [0.25, 0.3) is 0 Å². The number of carboxylic acid groups (broad SMARTS) is 1. The molecule has 2 aliphatic rings. The minimum atomic E-state index is -0.842. The lowest BCUT2D eigenvalue weighted by atomic mass is 10.00. The summed E-state index contributed by atoms with van der Waals surface area (Å²) in [4.78, 5) is 23.2. The van der Waals surface area contributed by atoms with Crippen molar-refractivity contribution >= 4 is 17.6 Å². The summed E-state index contributed by atoms with van der Waals surface area (Å²) in [6, 6.07) is 7.57. The van der Waals surface area contributed by atoms with Crippen molar-refractivity contribution in [3.63, 3.8) is 0 Å². The second-order valence-electron chi connectivity index (χ2n) is 5.20. The van der Waals surface area contributed by atoms with Gasteiger partial charge >= 0.3 is 5.97 Å². The normalized spacial score (nSPS) is 26.9. The molecule has 0 aromatic heterocycles. The summed E-state index contributed by atoms with van der Waals surface area (Å²) in [5, 5.41) is 15.1. The van der Waals surface area contributed by atoms with Gasteiger partial charge in [-0.3, -0.25) is 9.59 Å². The molecule has 3 rings (SSSR count). The van der Waals surface area contributed by atoms with Crippen molar-refractivity contribution < 1.29 is 14.7 Å². The monoisotopic (exact) mass is 272 g/mol. The number of anilines is 1. The molecule has 0 radical (unpaired) electrons. The number of carboxylic acids is 1. The largest absolute Gasteiger partial charge is 0.481 e. The predicted octanol–water partition coefficient (Wildman–Crippen LogP) is 1.34. The number of hydrogen-bond donors (Lipinski definition) is 3. The number of nitrogens with one attached hydrogen (secondary N) is 2. The van der Waals surface area contributed by atoms with Crippen molar-refractivity contribution in [3.05, 3.63) is 42.0 Å². The molecule has 0 saturated heterocycles. The third kappa shape index (κ3) is 2.27. The molecule has 5 heteroatoms. The molecule has 3 unspecified atom stereocenters. The molecular formula is C15H16N2O3. The average molecular weight is 272 g/mol. The number of amides is 1. The highest BCUT2D eigenvalue weighted by molar-refractivity contribution is 5.88. The van der Waals surface area contributed by atoms with Crippen LogP contribution in [0, 0.1) is 5.92 Å². The highest BCUT2D eigenvalue weighted by Gasteiger charge is 2.31. The van der Waals surface area contributed by atoms with Crippen molar-refractivity contribution in [2.24, 2.45) is 5.92 Å². The number of fused-ring (bicyclic) bond motifs is 1. The van der Waals surface area contributed by atoms with E-state index in [2.05, 4.69) is 10.6 Å². The number of rotatable bonds is 3. The maximum atomic E-state index is 12.3. The fourth-order valence-corrected chi connectivity index (χ4v) is 2.79. The number of benzene rings is 1. The topological polar surface area (TPSA) is 78.4 Å². The van der Waals surface area contributed by atoms with E-state index >= 15 is 0 Å². The van der Waals surface area contributed by atoms with Crippen LogP contribution in [0.3, 0.4) is 0 Å². The number of hydrogen-bond acceptors (Lipinski definition) is 3. The Balaban J connectivity index is 1.64. The summed E-state index contributed by atoms with van der Waals surface area (Å²) in [6.07, 6.45) is 3.85. The van der Waals surface area contributed by atoms with Gasteiger partial charge in [-0.15, -0.1) is 0 Å². The Morgan fingerprint density at radius 3 is 2.80 bits per heavy atom. The molecule has 104 valence electrons. The molecule has 0 saturated carbocycles. The van der Waals surface area contributed by atoms with Crippen molar-refractivity contribution in [2.45, 2.75) is 18.4 Å². The van der Waals surface area contributed by atoms with Crippen molar-refractivity contribution in [3.8, 4) is 0 Å². The lowest BCUT2D eigenvalue weighted by Gasteiger charge is -2.16. The van der Waals surface area contributed by atoms with E-state index in [0.717, 1.165) is 11.3 Å². The van der Waals surface area contributed by atoms with Crippen LogP contribution in [0.5, 0.6) is 0 Å². The van der Waals surface area contributed by atoms with Crippen LogP contribution in [0.2, 0.25) is 0 Å². The fourth-order valence-electron chi connectivity index (χ4n) is 2.79. The van der Waals surface area contributed by atoms with Crippen LogP contribution in [-0.2, 0) is 9.59 Å². The molecular weight excluding hydrogens is 256 g/mol. The Hall–Kier alpha value is -2.30. The van der Waals surface area contributed by atoms with Gasteiger partial charge in [-0.1, -0.05) is 30.4 Å². The van der Waals surface area contributed by atoms with Gasteiger partial charge in [-0.25, -0.2) is 0 Å². The minimum Gasteiger partial charge on any atom is -0.481 e. The first-order chi connectivity index (χ1) is 9.65. The molecule has 0 spiro atoms. The van der Waals surface area contributed by atoms with Crippen LogP contribution in [0.15, 0.2) is 36.4 Å². The molecule has 0 fully saturated rings. The zero-order valence-corrected chi connectivity index (χ0v) is 10.9. The average Bonchev–Trinajstić information content (AvgIpc) is 3.04. The maximum Gasteiger partial charge on any atom is 0.310 e. The standard InChI is InChI=1S/C15H16N2O3/c18-14(17-10-6-5-9(7-10)15(19)20)12-8-16-13-4-2-1-3-11(12)13/h1-6,9-10,12,16H,7-8H2,(H,17,18)(H,19,20). The van der Waals surface area contributed by atoms with Gasteiger partial charge in [-0.2, -0.15) is 0 Å². The highest BCUT2D eigenvalue weighted by atomic mass is 16.4. The van der Waals surface area contributed by atoms with Crippen LogP contribution < -0.4 is 10.6 Å². The zero-order valence-electron chi connectivity index (χ0n) is 10.9. The molecule has 1 amide bonds. The number of aliphatic carboxylic acids is 1. The van der Waals surface area contributed by atoms with E-state index in [1.807, 2.05) is 24.3 Å². The maximum absolute atomic E-state index is 12.3. The Labute approximate surface area is 116 Å². The van der Waals surface area contributed by atoms with Crippen molar-refractivity contribution in [1.29, 1.82) is 0 Å². The fraction of sp³-hybridized carbons (Fsp3) is 0.333. The summed E-state index contributed by atoms with van der Waals surface area (Å²) >= 11 is 0. The molecule has 3 atom stereocenters. The van der Waals surface area contributed by atoms with Gasteiger partial charge in [0.2, 0.25) is 5.91 Å². The van der Waals surface area contributed by atoms with Gasteiger partial charge < -0.3 is 15.7 Å². The first-order valence-corrected chi connectivity index (χ1v) is 6.69. The summed E-state index contributed by atoms with van der Waals surface area (Å²) in [6.45, 7) is 0.587. The summed E-state index contributed by atoms with van der Waals surface area (Å²) < 4.78 is 0. The molecule has 20 heavy (non-hydrogen) atoms. The summed E-state index contributed by atoms with van der Waals surface area (Å²) in [7, 11) is 0. The number of para-hydroxylation sites is 1. The summed E-state index contributed by atoms with van der Waals surface area (Å²) in [5.74, 6) is -1.59. The minimum absolute atomic E-state index is 0.0526. The molecule has 5 nitrogen and oxygen atoms in total. The van der Waals surface area contributed by atoms with Gasteiger partial charge in [0.1, 0.15) is 0 Å².